The molecule has 0 spiro atoms. The lowest BCUT2D eigenvalue weighted by molar-refractivity contribution is -0.145. The Morgan fingerprint density at radius 3 is 1.61 bits per heavy atom. The maximum Gasteiger partial charge on any atom is 0.329 e. The van der Waals surface area contributed by atoms with E-state index in [-0.39, 0.29) is 52.7 Å². The molecule has 0 saturated heterocycles. The van der Waals surface area contributed by atoms with E-state index in [4.69, 9.17) is 10.5 Å². The summed E-state index contributed by atoms with van der Waals surface area (Å²) in [5, 5.41) is 35.0. The number of allylic oxidation sites excluding steroid dienone is 7. The molecule has 0 unspecified atom stereocenters. The highest BCUT2D eigenvalue weighted by Gasteiger charge is 2.34. The lowest BCUT2D eigenvalue weighted by atomic mass is 10.0. The van der Waals surface area contributed by atoms with E-state index in [1.165, 1.54) is 70.8 Å². The molecular formula is C62H100N8O11S4. The third-order valence-corrected chi connectivity index (χ3v) is 18.5. The minimum Gasteiger partial charge on any atom is -0.467 e. The van der Waals surface area contributed by atoms with Crippen LogP contribution >= 0.6 is 35.3 Å². The molecule has 19 nitrogen and oxygen atoms in total. The molecule has 0 bridgehead atoms. The first-order valence-corrected chi connectivity index (χ1v) is 33.6. The number of nitrogens with two attached hydrogens (primary N) is 1. The van der Waals surface area contributed by atoms with Crippen LogP contribution in [0.1, 0.15) is 134 Å². The number of hydrogen-bond donors (Lipinski definition) is 9. The Hall–Kier alpha value is -4.88. The molecule has 10 N–H and O–H groups in total. The number of benzene rings is 2. The first kappa shape index (κ1) is 76.2. The highest BCUT2D eigenvalue weighted by molar-refractivity contribution is 8.01. The summed E-state index contributed by atoms with van der Waals surface area (Å²) in [6.07, 6.45) is 15.3. The van der Waals surface area contributed by atoms with E-state index in [2.05, 4.69) is 83.3 Å². The van der Waals surface area contributed by atoms with E-state index in [1.807, 2.05) is 79.6 Å². The molecule has 0 aliphatic heterocycles. The van der Waals surface area contributed by atoms with Gasteiger partial charge in [-0.2, -0.15) is 35.3 Å². The van der Waals surface area contributed by atoms with Crippen LogP contribution in [0.2, 0.25) is 0 Å². The second kappa shape index (κ2) is 38.4. The van der Waals surface area contributed by atoms with Crippen LogP contribution in [0.5, 0.6) is 0 Å². The minimum absolute atomic E-state index is 0.00931. The lowest BCUT2D eigenvalue weighted by Crippen LogP contribution is -2.61. The quantitative estimate of drug-likeness (QED) is 0.0182. The van der Waals surface area contributed by atoms with Gasteiger partial charge in [0, 0.05) is 69.6 Å². The summed E-state index contributed by atoms with van der Waals surface area (Å²) in [7, 11) is 0.948. The number of nitrogens with one attached hydrogen (secondary N) is 6. The minimum atomic E-state index is -3.98. The zero-order valence-electron chi connectivity index (χ0n) is 52.8. The highest BCUT2D eigenvalue weighted by Crippen LogP contribution is 2.30. The van der Waals surface area contributed by atoms with Gasteiger partial charge in [0.15, 0.2) is 0 Å². The summed E-state index contributed by atoms with van der Waals surface area (Å²) in [6, 6.07) is 2.46. The number of ether oxygens (including phenoxy) is 1. The summed E-state index contributed by atoms with van der Waals surface area (Å²) in [4.78, 5) is 84.0. The molecule has 0 aromatic heterocycles. The van der Waals surface area contributed by atoms with Crippen molar-refractivity contribution in [2.45, 2.75) is 185 Å². The van der Waals surface area contributed by atoms with E-state index in [9.17, 15) is 47.4 Å². The molecule has 0 fully saturated rings. The number of thioether (sulfide) groups is 3. The number of carbonyl (C=O) groups excluding carboxylic acids is 6. The third-order valence-electron chi connectivity index (χ3n) is 13.2. The largest absolute Gasteiger partial charge is 0.467 e. The van der Waals surface area contributed by atoms with Gasteiger partial charge in [-0.05, 0) is 105 Å². The van der Waals surface area contributed by atoms with Crippen LogP contribution in [-0.2, 0) is 43.5 Å². The second-order valence-electron chi connectivity index (χ2n) is 23.7. The number of hydrogen-bond acceptors (Lipinski definition) is 16. The Morgan fingerprint density at radius 1 is 0.612 bits per heavy atom. The Kier molecular flexibility index (Phi) is 34.4. The molecule has 5 amide bonds. The molecule has 2 rings (SSSR count). The topological polar surface area (TPSA) is 288 Å². The SMILES string of the molecule is COC(=O)[C@H](CSC/C=C(\C)CC/C=C(\C)CC/C=C(\C)CCC=C(C)C)NC(=O)[C@H](CO)NC(=O)[C@H](CSC(C)(C)C)NC(=O)[C@H](CO)NC(=O)[C@H](CCCCNS(=O)(=O)c1cccc2c(N(C)C)cccc12)NC(=O)[C@@H](N)CSC(C)(C)C. The Labute approximate surface area is 520 Å². The van der Waals surface area contributed by atoms with Crippen molar-refractivity contribution in [2.24, 2.45) is 5.73 Å². The maximum atomic E-state index is 14.1. The molecule has 0 aliphatic rings. The van der Waals surface area contributed by atoms with Crippen molar-refractivity contribution in [3.8, 4) is 0 Å². The van der Waals surface area contributed by atoms with Crippen molar-refractivity contribution in [3.63, 3.8) is 0 Å². The molecule has 2 aromatic rings. The fourth-order valence-electron chi connectivity index (χ4n) is 8.29. The van der Waals surface area contributed by atoms with Gasteiger partial charge < -0.3 is 52.2 Å². The molecule has 0 heterocycles. The zero-order valence-corrected chi connectivity index (χ0v) is 56.0. The van der Waals surface area contributed by atoms with Crippen molar-refractivity contribution in [2.75, 3.05) is 68.9 Å². The van der Waals surface area contributed by atoms with Gasteiger partial charge in [0.25, 0.3) is 0 Å². The van der Waals surface area contributed by atoms with Crippen molar-refractivity contribution >= 4 is 97.3 Å². The standard InChI is InChI=1S/C62H100N8O11S4/c1-41(2)22-17-23-42(3)24-18-25-43(4)26-19-27-44(5)33-35-82-39-52(60(78)81-14)69-58(76)50(37-72)67-59(77)51(40-84-62(9,10)11)68-57(75)49(36-71)66-56(74)48(65-55(73)47(63)38-83-61(6,7)8)30-15-16-34-64-85(79,80)54-32-21-28-45-46(54)29-20-31-53(45)70(12)13/h20-22,24,26,28-29,31-33,47-52,64,71-72H,15-19,23,25,27,30,34-40,63H2,1-14H3,(H,65,73)(H,66,74)(H,67,77)(H,68,75)(H,69,76)/b42-24+,43-26+,44-33+/t47-,48-,49-,50-,51-,52-/m0/s1. The summed E-state index contributed by atoms with van der Waals surface area (Å²) in [5.74, 6) is -4.10. The van der Waals surface area contributed by atoms with Gasteiger partial charge in [-0.1, -0.05) is 112 Å². The van der Waals surface area contributed by atoms with Gasteiger partial charge in [-0.15, -0.1) is 0 Å². The van der Waals surface area contributed by atoms with Crippen LogP contribution in [0.15, 0.2) is 87.9 Å². The maximum absolute atomic E-state index is 14.1. The number of rotatable bonds is 38. The summed E-state index contributed by atoms with van der Waals surface area (Å²) in [6.45, 7) is 20.4. The van der Waals surface area contributed by atoms with Crippen LogP contribution < -0.4 is 41.9 Å². The van der Waals surface area contributed by atoms with Gasteiger partial charge >= 0.3 is 5.97 Å². The fourth-order valence-corrected chi connectivity index (χ4v) is 12.3. The van der Waals surface area contributed by atoms with Crippen molar-refractivity contribution < 1.29 is 52.1 Å². The van der Waals surface area contributed by atoms with Gasteiger partial charge in [0.2, 0.25) is 39.6 Å². The van der Waals surface area contributed by atoms with Gasteiger partial charge in [-0.3, -0.25) is 24.0 Å². The van der Waals surface area contributed by atoms with Gasteiger partial charge in [0.05, 0.1) is 31.3 Å². The van der Waals surface area contributed by atoms with Gasteiger partial charge in [-0.25, -0.2) is 17.9 Å². The van der Waals surface area contributed by atoms with Crippen LogP contribution in [-0.4, -0.2) is 164 Å². The zero-order chi connectivity index (χ0) is 64.1. The number of unbranched alkanes of at least 4 members (excludes halogenated alkanes) is 1. The normalized spacial score (nSPS) is 14.7. The molecule has 478 valence electrons. The average Bonchev–Trinajstić information content (AvgIpc) is 1.68. The molecule has 0 radical (unpaired) electrons. The number of amides is 5. The molecule has 23 heteroatoms. The Morgan fingerprint density at radius 2 is 1.08 bits per heavy atom. The molecule has 2 aromatic carbocycles. The molecular weight excluding hydrogens is 1160 g/mol. The van der Waals surface area contributed by atoms with Crippen LogP contribution in [0.3, 0.4) is 0 Å². The van der Waals surface area contributed by atoms with E-state index >= 15 is 0 Å². The van der Waals surface area contributed by atoms with Crippen molar-refractivity contribution in [1.82, 2.24) is 31.3 Å². The molecule has 6 atom stereocenters. The van der Waals surface area contributed by atoms with Crippen LogP contribution in [0, 0.1) is 0 Å². The fraction of sp³-hybridized carbons (Fsp3) is 0.613. The second-order valence-corrected chi connectivity index (χ2v) is 30.2. The average molecular weight is 1260 g/mol. The van der Waals surface area contributed by atoms with Crippen molar-refractivity contribution in [1.29, 1.82) is 0 Å². The number of aliphatic hydroxyl groups excluding tert-OH is 2. The lowest BCUT2D eigenvalue weighted by Gasteiger charge is -2.28. The predicted octanol–water partition coefficient (Wildman–Crippen LogP) is 7.21. The Balaban J connectivity index is 2.17. The first-order valence-electron chi connectivity index (χ1n) is 29.0. The highest BCUT2D eigenvalue weighted by atomic mass is 32.2. The first-order chi connectivity index (χ1) is 39.8. The summed E-state index contributed by atoms with van der Waals surface area (Å²) < 4.78 is 34.2. The smallest absolute Gasteiger partial charge is 0.329 e. The number of aliphatic hydroxyl groups is 2. The van der Waals surface area contributed by atoms with E-state index in [1.54, 1.807) is 18.2 Å². The molecule has 0 saturated carbocycles. The third kappa shape index (κ3) is 30.1. The molecule has 85 heavy (non-hydrogen) atoms. The monoisotopic (exact) mass is 1260 g/mol. The number of sulfonamides is 1. The van der Waals surface area contributed by atoms with Crippen LogP contribution in [0.25, 0.3) is 10.8 Å². The van der Waals surface area contributed by atoms with Crippen molar-refractivity contribution in [3.05, 3.63) is 83.0 Å². The van der Waals surface area contributed by atoms with E-state index in [0.717, 1.165) is 49.6 Å². The van der Waals surface area contributed by atoms with Gasteiger partial charge in [0.1, 0.15) is 30.2 Å². The number of methoxy groups -OCH3 is 1. The number of esters is 1. The number of anilines is 1. The summed E-state index contributed by atoms with van der Waals surface area (Å²) in [5.41, 5.74) is 12.4. The number of carbonyl (C=O) groups is 6. The van der Waals surface area contributed by atoms with E-state index < -0.39 is 99.7 Å². The predicted molar refractivity (Wildman–Crippen MR) is 351 cm³/mol. The summed E-state index contributed by atoms with van der Waals surface area (Å²) >= 11 is 4.14. The number of nitrogens with zero attached hydrogens (tertiary/aromatic N) is 1. The Bertz CT molecular complexity index is 2730. The number of fused-ring (bicyclic) bond motifs is 1. The van der Waals surface area contributed by atoms with E-state index in [0.29, 0.717) is 11.1 Å². The van der Waals surface area contributed by atoms with Crippen LogP contribution in [0.4, 0.5) is 5.69 Å². The molecule has 0 aliphatic carbocycles.